The summed E-state index contributed by atoms with van der Waals surface area (Å²) in [5, 5.41) is 5.24. The van der Waals surface area contributed by atoms with Gasteiger partial charge in [-0.05, 0) is 31.3 Å². The fraction of sp³-hybridized carbons (Fsp3) is 0.438. The number of para-hydroxylation sites is 1. The van der Waals surface area contributed by atoms with Gasteiger partial charge in [0, 0.05) is 20.1 Å². The summed E-state index contributed by atoms with van der Waals surface area (Å²) in [5.74, 6) is 0.560. The molecular weight excluding hydrogens is 326 g/mol. The number of hydrogen-bond acceptors (Lipinski definition) is 5. The number of ether oxygens (including phenoxy) is 1. The molecule has 1 atom stereocenters. The van der Waals surface area contributed by atoms with Gasteiger partial charge in [0.15, 0.2) is 0 Å². The predicted molar refractivity (Wildman–Crippen MR) is 93.8 cm³/mol. The van der Waals surface area contributed by atoms with Crippen molar-refractivity contribution in [2.24, 2.45) is 7.05 Å². The van der Waals surface area contributed by atoms with Crippen molar-refractivity contribution in [1.82, 2.24) is 23.6 Å². The summed E-state index contributed by atoms with van der Waals surface area (Å²) in [6.07, 6.45) is 0.204. The average molecular weight is 345 g/mol. The Labute approximate surface area is 143 Å². The van der Waals surface area contributed by atoms with Gasteiger partial charge in [0.25, 0.3) is 5.56 Å². The molecule has 8 heteroatoms. The van der Waals surface area contributed by atoms with Gasteiger partial charge in [-0.1, -0.05) is 12.1 Å². The highest BCUT2D eigenvalue weighted by molar-refractivity contribution is 7.71. The van der Waals surface area contributed by atoms with E-state index in [4.69, 9.17) is 17.0 Å². The SMILES string of the molecule is CC1CN(Cn2nc3n(C)c(=O)c4ccccc4n3c2=S)CCO1. The predicted octanol–water partition coefficient (Wildman–Crippen LogP) is 1.40. The van der Waals surface area contributed by atoms with E-state index in [-0.39, 0.29) is 11.7 Å². The number of hydrogen-bond donors (Lipinski definition) is 0. The van der Waals surface area contributed by atoms with Crippen LogP contribution in [0, 0.1) is 4.77 Å². The molecule has 4 rings (SSSR count). The maximum Gasteiger partial charge on any atom is 0.262 e. The molecule has 3 heterocycles. The number of aromatic nitrogens is 4. The molecule has 1 unspecified atom stereocenters. The molecular formula is C16H19N5O2S. The standard InChI is InChI=1S/C16H19N5O2S/c1-11-9-19(7-8-23-11)10-20-16(24)21-13-6-4-3-5-12(13)14(22)18(2)15(21)17-20/h3-6,11H,7-10H2,1-2H3. The van der Waals surface area contributed by atoms with E-state index >= 15 is 0 Å². The van der Waals surface area contributed by atoms with Crippen LogP contribution in [-0.4, -0.2) is 49.4 Å². The van der Waals surface area contributed by atoms with Crippen molar-refractivity contribution in [2.45, 2.75) is 19.7 Å². The Balaban J connectivity index is 1.89. The Hall–Kier alpha value is -2.03. The van der Waals surface area contributed by atoms with E-state index in [2.05, 4.69) is 16.9 Å². The van der Waals surface area contributed by atoms with E-state index in [1.165, 1.54) is 0 Å². The highest BCUT2D eigenvalue weighted by Gasteiger charge is 2.19. The zero-order valence-corrected chi connectivity index (χ0v) is 14.5. The van der Waals surface area contributed by atoms with Gasteiger partial charge in [-0.15, -0.1) is 5.10 Å². The first-order valence-corrected chi connectivity index (χ1v) is 8.38. The lowest BCUT2D eigenvalue weighted by molar-refractivity contribution is -0.0306. The highest BCUT2D eigenvalue weighted by atomic mass is 32.1. The Morgan fingerprint density at radius 1 is 1.38 bits per heavy atom. The Bertz CT molecular complexity index is 1030. The smallest absolute Gasteiger partial charge is 0.262 e. The lowest BCUT2D eigenvalue weighted by atomic mass is 10.2. The second kappa shape index (κ2) is 5.80. The maximum atomic E-state index is 12.5. The van der Waals surface area contributed by atoms with Crippen LogP contribution in [0.15, 0.2) is 29.1 Å². The van der Waals surface area contributed by atoms with Crippen LogP contribution in [0.4, 0.5) is 0 Å². The molecule has 1 aromatic carbocycles. The van der Waals surface area contributed by atoms with Gasteiger partial charge in [0.1, 0.15) is 0 Å². The molecule has 1 fully saturated rings. The van der Waals surface area contributed by atoms with Crippen molar-refractivity contribution >= 4 is 28.9 Å². The summed E-state index contributed by atoms with van der Waals surface area (Å²) in [7, 11) is 1.73. The highest BCUT2D eigenvalue weighted by Crippen LogP contribution is 2.14. The number of nitrogens with zero attached hydrogens (tertiary/aromatic N) is 5. The fourth-order valence-electron chi connectivity index (χ4n) is 3.25. The number of morpholine rings is 1. The minimum atomic E-state index is -0.0646. The Morgan fingerprint density at radius 2 is 2.17 bits per heavy atom. The van der Waals surface area contributed by atoms with E-state index in [9.17, 15) is 4.79 Å². The molecule has 2 aromatic heterocycles. The van der Waals surface area contributed by atoms with Crippen molar-refractivity contribution in [1.29, 1.82) is 0 Å². The molecule has 0 aliphatic carbocycles. The van der Waals surface area contributed by atoms with Crippen LogP contribution >= 0.6 is 12.2 Å². The molecule has 126 valence electrons. The summed E-state index contributed by atoms with van der Waals surface area (Å²) in [6.45, 7) is 5.06. The number of fused-ring (bicyclic) bond motifs is 3. The maximum absolute atomic E-state index is 12.5. The summed E-state index contributed by atoms with van der Waals surface area (Å²) in [6, 6.07) is 7.49. The van der Waals surface area contributed by atoms with Gasteiger partial charge in [0.2, 0.25) is 10.5 Å². The molecule has 0 saturated carbocycles. The van der Waals surface area contributed by atoms with Crippen molar-refractivity contribution in [3.8, 4) is 0 Å². The van der Waals surface area contributed by atoms with Crippen molar-refractivity contribution < 1.29 is 4.74 Å². The van der Waals surface area contributed by atoms with Crippen LogP contribution in [0.1, 0.15) is 6.92 Å². The van der Waals surface area contributed by atoms with Gasteiger partial charge >= 0.3 is 0 Å². The van der Waals surface area contributed by atoms with Gasteiger partial charge in [-0.2, -0.15) is 0 Å². The first-order chi connectivity index (χ1) is 11.6. The minimum Gasteiger partial charge on any atom is -0.376 e. The first-order valence-electron chi connectivity index (χ1n) is 7.97. The topological polar surface area (TPSA) is 56.7 Å². The summed E-state index contributed by atoms with van der Waals surface area (Å²) in [4.78, 5) is 14.8. The summed E-state index contributed by atoms with van der Waals surface area (Å²) in [5.41, 5.74) is 0.729. The fourth-order valence-corrected chi connectivity index (χ4v) is 3.52. The molecule has 1 aliphatic heterocycles. The third kappa shape index (κ3) is 2.38. The van der Waals surface area contributed by atoms with Crippen molar-refractivity contribution in [2.75, 3.05) is 19.7 Å². The van der Waals surface area contributed by atoms with Crippen LogP contribution in [0.3, 0.4) is 0 Å². The molecule has 7 nitrogen and oxygen atoms in total. The quantitative estimate of drug-likeness (QED) is 0.657. The third-order valence-electron chi connectivity index (χ3n) is 4.46. The van der Waals surface area contributed by atoms with E-state index < -0.39 is 0 Å². The first kappa shape index (κ1) is 15.5. The molecule has 0 N–H and O–H groups in total. The second-order valence-corrected chi connectivity index (χ2v) is 6.56. The zero-order chi connectivity index (χ0) is 16.8. The largest absolute Gasteiger partial charge is 0.376 e. The molecule has 1 aliphatic rings. The van der Waals surface area contributed by atoms with E-state index in [1.807, 2.05) is 28.7 Å². The molecule has 3 aromatic rings. The van der Waals surface area contributed by atoms with Gasteiger partial charge in [-0.25, -0.2) is 4.68 Å². The molecule has 0 spiro atoms. The van der Waals surface area contributed by atoms with Crippen LogP contribution < -0.4 is 5.56 Å². The monoisotopic (exact) mass is 345 g/mol. The lowest BCUT2D eigenvalue weighted by Crippen LogP contribution is -2.42. The Morgan fingerprint density at radius 3 is 2.96 bits per heavy atom. The van der Waals surface area contributed by atoms with Crippen LogP contribution in [0.5, 0.6) is 0 Å². The lowest BCUT2D eigenvalue weighted by Gasteiger charge is -2.30. The van der Waals surface area contributed by atoms with Gasteiger partial charge < -0.3 is 4.74 Å². The van der Waals surface area contributed by atoms with Crippen molar-refractivity contribution in [3.05, 3.63) is 39.4 Å². The normalized spacial score (nSPS) is 19.3. The Kier molecular flexibility index (Phi) is 3.75. The molecule has 0 radical (unpaired) electrons. The molecule has 1 saturated heterocycles. The third-order valence-corrected chi connectivity index (χ3v) is 4.85. The van der Waals surface area contributed by atoms with Crippen LogP contribution in [-0.2, 0) is 18.5 Å². The molecule has 0 bridgehead atoms. The molecule has 0 amide bonds. The van der Waals surface area contributed by atoms with Crippen LogP contribution in [0.25, 0.3) is 16.7 Å². The van der Waals surface area contributed by atoms with E-state index in [0.29, 0.717) is 29.2 Å². The number of benzene rings is 1. The van der Waals surface area contributed by atoms with Crippen LogP contribution in [0.2, 0.25) is 0 Å². The number of rotatable bonds is 2. The molecule has 24 heavy (non-hydrogen) atoms. The summed E-state index contributed by atoms with van der Waals surface area (Å²) < 4.78 is 11.4. The van der Waals surface area contributed by atoms with Gasteiger partial charge in [-0.3, -0.25) is 18.7 Å². The minimum absolute atomic E-state index is 0.0646. The average Bonchev–Trinajstić information content (AvgIpc) is 2.90. The zero-order valence-electron chi connectivity index (χ0n) is 13.7. The number of aryl methyl sites for hydroxylation is 1. The van der Waals surface area contributed by atoms with Crippen molar-refractivity contribution in [3.63, 3.8) is 0 Å². The van der Waals surface area contributed by atoms with Gasteiger partial charge in [0.05, 0.1) is 30.3 Å². The summed E-state index contributed by atoms with van der Waals surface area (Å²) >= 11 is 5.65. The van der Waals surface area contributed by atoms with E-state index in [0.717, 1.165) is 18.6 Å². The van der Waals surface area contributed by atoms with E-state index in [1.54, 1.807) is 16.3 Å². The second-order valence-electron chi connectivity index (χ2n) is 6.20.